The molecule has 0 fully saturated rings. The summed E-state index contributed by atoms with van der Waals surface area (Å²) in [5, 5.41) is 0. The fourth-order valence-electron chi connectivity index (χ4n) is 2.14. The number of pyridine rings is 1. The van der Waals surface area contributed by atoms with Crippen LogP contribution in [0.1, 0.15) is 5.56 Å². The molecule has 0 aliphatic carbocycles. The van der Waals surface area contributed by atoms with Crippen molar-refractivity contribution in [2.45, 2.75) is 12.5 Å². The third-order valence-electron chi connectivity index (χ3n) is 3.45. The summed E-state index contributed by atoms with van der Waals surface area (Å²) in [5.41, 5.74) is 8.89. The molecule has 0 radical (unpaired) electrons. The van der Waals surface area contributed by atoms with Crippen LogP contribution in [0.15, 0.2) is 42.6 Å². The maximum Gasteiger partial charge on any atom is 0.322 e. The standard InChI is InChI=1S/C17H21N3O2/c1-20(2)16-9-8-14(11-19-16)13-6-4-12(5-7-13)10-15(18)17(21)22-3/h4-9,11,15H,10,18H2,1-3H3. The van der Waals surface area contributed by atoms with Crippen LogP contribution in [0.4, 0.5) is 5.82 Å². The van der Waals surface area contributed by atoms with Crippen LogP contribution in [0.3, 0.4) is 0 Å². The Morgan fingerprint density at radius 2 is 1.82 bits per heavy atom. The fraction of sp³-hybridized carbons (Fsp3) is 0.294. The molecule has 0 saturated carbocycles. The lowest BCUT2D eigenvalue weighted by molar-refractivity contribution is -0.142. The summed E-state index contributed by atoms with van der Waals surface area (Å²) in [6.07, 6.45) is 2.31. The Bertz CT molecular complexity index is 621. The van der Waals surface area contributed by atoms with Gasteiger partial charge in [0.15, 0.2) is 0 Å². The summed E-state index contributed by atoms with van der Waals surface area (Å²) < 4.78 is 4.63. The molecule has 0 aliphatic heterocycles. The van der Waals surface area contributed by atoms with Crippen LogP contribution in [0, 0.1) is 0 Å². The van der Waals surface area contributed by atoms with Gasteiger partial charge in [-0.25, -0.2) is 4.98 Å². The van der Waals surface area contributed by atoms with E-state index in [9.17, 15) is 4.79 Å². The number of ether oxygens (including phenoxy) is 1. The Balaban J connectivity index is 2.10. The number of methoxy groups -OCH3 is 1. The van der Waals surface area contributed by atoms with Gasteiger partial charge in [0.25, 0.3) is 0 Å². The van der Waals surface area contributed by atoms with E-state index in [-0.39, 0.29) is 0 Å². The molecule has 0 amide bonds. The SMILES string of the molecule is COC(=O)C(N)Cc1ccc(-c2ccc(N(C)C)nc2)cc1. The molecule has 1 heterocycles. The summed E-state index contributed by atoms with van der Waals surface area (Å²) in [5.74, 6) is 0.525. The van der Waals surface area contributed by atoms with Gasteiger partial charge in [0, 0.05) is 25.9 Å². The topological polar surface area (TPSA) is 68.5 Å². The molecule has 1 atom stereocenters. The summed E-state index contributed by atoms with van der Waals surface area (Å²) in [4.78, 5) is 17.7. The number of hydrogen-bond acceptors (Lipinski definition) is 5. The van der Waals surface area contributed by atoms with Gasteiger partial charge >= 0.3 is 5.97 Å². The van der Waals surface area contributed by atoms with Gasteiger partial charge in [-0.1, -0.05) is 24.3 Å². The maximum absolute atomic E-state index is 11.3. The predicted octanol–water partition coefficient (Wildman–Crippen LogP) is 1.86. The van der Waals surface area contributed by atoms with Crippen molar-refractivity contribution in [1.29, 1.82) is 0 Å². The van der Waals surface area contributed by atoms with Gasteiger partial charge in [-0.15, -0.1) is 0 Å². The van der Waals surface area contributed by atoms with E-state index in [2.05, 4.69) is 9.72 Å². The number of rotatable bonds is 5. The van der Waals surface area contributed by atoms with E-state index in [0.29, 0.717) is 6.42 Å². The van der Waals surface area contributed by atoms with Crippen LogP contribution < -0.4 is 10.6 Å². The van der Waals surface area contributed by atoms with E-state index < -0.39 is 12.0 Å². The van der Waals surface area contributed by atoms with E-state index in [1.54, 1.807) is 0 Å². The number of hydrogen-bond donors (Lipinski definition) is 1. The molecular formula is C17H21N3O2. The Hall–Kier alpha value is -2.40. The molecule has 1 aromatic heterocycles. The average Bonchev–Trinajstić information content (AvgIpc) is 2.54. The van der Waals surface area contributed by atoms with Crippen molar-refractivity contribution in [2.24, 2.45) is 5.73 Å². The lowest BCUT2D eigenvalue weighted by Gasteiger charge is -2.12. The average molecular weight is 299 g/mol. The molecule has 5 nitrogen and oxygen atoms in total. The highest BCUT2D eigenvalue weighted by atomic mass is 16.5. The van der Waals surface area contributed by atoms with Crippen molar-refractivity contribution in [1.82, 2.24) is 4.98 Å². The largest absolute Gasteiger partial charge is 0.468 e. The van der Waals surface area contributed by atoms with E-state index in [1.807, 2.05) is 61.6 Å². The first-order chi connectivity index (χ1) is 10.5. The van der Waals surface area contributed by atoms with Gasteiger partial charge in [-0.05, 0) is 29.7 Å². The molecule has 2 rings (SSSR count). The number of esters is 1. The highest BCUT2D eigenvalue weighted by molar-refractivity contribution is 5.75. The van der Waals surface area contributed by atoms with Crippen LogP contribution in [0.5, 0.6) is 0 Å². The highest BCUT2D eigenvalue weighted by Gasteiger charge is 2.14. The smallest absolute Gasteiger partial charge is 0.322 e. The van der Waals surface area contributed by atoms with Crippen LogP contribution in [-0.4, -0.2) is 38.2 Å². The minimum Gasteiger partial charge on any atom is -0.468 e. The number of aromatic nitrogens is 1. The minimum atomic E-state index is -0.628. The van der Waals surface area contributed by atoms with Gasteiger partial charge in [0.05, 0.1) is 7.11 Å². The van der Waals surface area contributed by atoms with E-state index in [1.165, 1.54) is 7.11 Å². The van der Waals surface area contributed by atoms with E-state index in [0.717, 1.165) is 22.5 Å². The van der Waals surface area contributed by atoms with Crippen LogP contribution >= 0.6 is 0 Å². The molecule has 2 N–H and O–H groups in total. The lowest BCUT2D eigenvalue weighted by atomic mass is 10.0. The second-order valence-electron chi connectivity index (χ2n) is 5.33. The van der Waals surface area contributed by atoms with Crippen molar-refractivity contribution in [3.63, 3.8) is 0 Å². The predicted molar refractivity (Wildman–Crippen MR) is 87.7 cm³/mol. The fourth-order valence-corrected chi connectivity index (χ4v) is 2.14. The number of benzene rings is 1. The molecule has 0 saturated heterocycles. The number of carbonyl (C=O) groups excluding carboxylic acids is 1. The first-order valence-corrected chi connectivity index (χ1v) is 7.07. The van der Waals surface area contributed by atoms with Gasteiger partial charge in [0.1, 0.15) is 11.9 Å². The Morgan fingerprint density at radius 3 is 2.32 bits per heavy atom. The minimum absolute atomic E-state index is 0.396. The zero-order valence-electron chi connectivity index (χ0n) is 13.1. The van der Waals surface area contributed by atoms with E-state index >= 15 is 0 Å². The third kappa shape index (κ3) is 3.83. The molecule has 5 heteroatoms. The first-order valence-electron chi connectivity index (χ1n) is 7.07. The molecule has 2 aromatic rings. The number of nitrogens with zero attached hydrogens (tertiary/aromatic N) is 2. The summed E-state index contributed by atoms with van der Waals surface area (Å²) in [7, 11) is 5.26. The molecule has 0 spiro atoms. The van der Waals surface area contributed by atoms with E-state index in [4.69, 9.17) is 5.73 Å². The van der Waals surface area contributed by atoms with Crippen molar-refractivity contribution < 1.29 is 9.53 Å². The second-order valence-corrected chi connectivity index (χ2v) is 5.33. The van der Waals surface area contributed by atoms with Crippen molar-refractivity contribution in [3.05, 3.63) is 48.2 Å². The molecule has 0 aliphatic rings. The van der Waals surface area contributed by atoms with Crippen LogP contribution in [-0.2, 0) is 16.0 Å². The summed E-state index contributed by atoms with van der Waals surface area (Å²) in [6, 6.07) is 11.3. The third-order valence-corrected chi connectivity index (χ3v) is 3.45. The Morgan fingerprint density at radius 1 is 1.18 bits per heavy atom. The molecule has 1 aromatic carbocycles. The quantitative estimate of drug-likeness (QED) is 0.853. The van der Waals surface area contributed by atoms with Crippen molar-refractivity contribution >= 4 is 11.8 Å². The van der Waals surface area contributed by atoms with Crippen molar-refractivity contribution in [3.8, 4) is 11.1 Å². The lowest BCUT2D eigenvalue weighted by Crippen LogP contribution is -2.33. The number of nitrogens with two attached hydrogens (primary N) is 1. The van der Waals surface area contributed by atoms with Crippen molar-refractivity contribution in [2.75, 3.05) is 26.1 Å². The monoisotopic (exact) mass is 299 g/mol. The Kier molecular flexibility index (Phi) is 5.12. The summed E-state index contributed by atoms with van der Waals surface area (Å²) >= 11 is 0. The zero-order valence-corrected chi connectivity index (χ0v) is 13.1. The van der Waals surface area contributed by atoms with Crippen LogP contribution in [0.25, 0.3) is 11.1 Å². The van der Waals surface area contributed by atoms with Gasteiger partial charge in [-0.2, -0.15) is 0 Å². The molecular weight excluding hydrogens is 278 g/mol. The van der Waals surface area contributed by atoms with Gasteiger partial charge in [0.2, 0.25) is 0 Å². The second kappa shape index (κ2) is 7.04. The zero-order chi connectivity index (χ0) is 16.1. The molecule has 0 bridgehead atoms. The molecule has 22 heavy (non-hydrogen) atoms. The van der Waals surface area contributed by atoms with Crippen LogP contribution in [0.2, 0.25) is 0 Å². The first kappa shape index (κ1) is 16.0. The number of carbonyl (C=O) groups is 1. The Labute approximate surface area is 130 Å². The normalized spacial score (nSPS) is 11.8. The molecule has 116 valence electrons. The van der Waals surface area contributed by atoms with Gasteiger partial charge in [-0.3, -0.25) is 4.79 Å². The maximum atomic E-state index is 11.3. The number of anilines is 1. The molecule has 1 unspecified atom stereocenters. The van der Waals surface area contributed by atoms with Gasteiger partial charge < -0.3 is 15.4 Å². The summed E-state index contributed by atoms with van der Waals surface area (Å²) in [6.45, 7) is 0. The highest BCUT2D eigenvalue weighted by Crippen LogP contribution is 2.21.